The first-order valence-electron chi connectivity index (χ1n) is 14.9. The number of aliphatic hydroxyl groups excluding tert-OH is 1. The third-order valence-electron chi connectivity index (χ3n) is 7.32. The van der Waals surface area contributed by atoms with Crippen LogP contribution in [-0.2, 0) is 40.0 Å². The molecule has 0 saturated heterocycles. The van der Waals surface area contributed by atoms with Gasteiger partial charge in [-0.15, -0.1) is 0 Å². The Bertz CT molecular complexity index is 1180. The van der Waals surface area contributed by atoms with E-state index in [2.05, 4.69) is 16.0 Å². The molecule has 3 atom stereocenters. The summed E-state index contributed by atoms with van der Waals surface area (Å²) in [5.74, 6) is -3.57. The number of carbonyl (C=O) groups excluding carboxylic acids is 7. The zero-order valence-corrected chi connectivity index (χ0v) is 25.1. The van der Waals surface area contributed by atoms with Crippen LogP contribution in [-0.4, -0.2) is 83.0 Å². The second-order valence-electron chi connectivity index (χ2n) is 10.6. The van der Waals surface area contributed by atoms with E-state index < -0.39 is 48.2 Å². The highest BCUT2D eigenvalue weighted by atomic mass is 16.3. The molecule has 1 heterocycles. The minimum Gasteiger partial charge on any atom is -0.394 e. The maximum atomic E-state index is 13.2. The summed E-state index contributed by atoms with van der Waals surface area (Å²) in [6.07, 6.45) is 5.35. The average molecular weight is 614 g/mol. The van der Waals surface area contributed by atoms with Crippen LogP contribution in [0.25, 0.3) is 0 Å². The van der Waals surface area contributed by atoms with Crippen molar-refractivity contribution in [2.45, 2.75) is 76.8 Å². The monoisotopic (exact) mass is 613 g/mol. The second-order valence-corrected chi connectivity index (χ2v) is 10.6. The van der Waals surface area contributed by atoms with Gasteiger partial charge >= 0.3 is 0 Å². The summed E-state index contributed by atoms with van der Waals surface area (Å²) in [7, 11) is 0. The van der Waals surface area contributed by atoms with Gasteiger partial charge in [-0.1, -0.05) is 43.7 Å². The molecule has 2 rings (SSSR count). The number of ketones is 1. The van der Waals surface area contributed by atoms with Gasteiger partial charge in [-0.2, -0.15) is 0 Å². The highest BCUT2D eigenvalue weighted by molar-refractivity contribution is 6.13. The molecule has 1 aromatic rings. The number of Topliss-reactive ketones (excluding diaryl/α,β-unsaturated/α-hetero) is 1. The number of primary amides is 1. The van der Waals surface area contributed by atoms with Crippen molar-refractivity contribution in [3.8, 4) is 0 Å². The van der Waals surface area contributed by atoms with E-state index in [1.807, 2.05) is 37.3 Å². The molecule has 240 valence electrons. The van der Waals surface area contributed by atoms with Crippen molar-refractivity contribution in [1.82, 2.24) is 20.9 Å². The van der Waals surface area contributed by atoms with Gasteiger partial charge < -0.3 is 26.8 Å². The third kappa shape index (κ3) is 12.5. The number of nitrogens with two attached hydrogens (primary N) is 1. The number of nitrogens with one attached hydrogen (secondary N) is 3. The normalized spacial score (nSPS) is 14.5. The van der Waals surface area contributed by atoms with E-state index in [1.54, 1.807) is 0 Å². The van der Waals surface area contributed by atoms with E-state index in [4.69, 9.17) is 5.73 Å². The first-order valence-corrected chi connectivity index (χ1v) is 14.9. The van der Waals surface area contributed by atoms with Crippen LogP contribution < -0.4 is 21.7 Å². The van der Waals surface area contributed by atoms with Gasteiger partial charge in [-0.25, -0.2) is 0 Å². The summed E-state index contributed by atoms with van der Waals surface area (Å²) in [5, 5.41) is 17.6. The van der Waals surface area contributed by atoms with Gasteiger partial charge in [0.05, 0.1) is 12.6 Å². The molecule has 0 fully saturated rings. The molecule has 0 saturated carbocycles. The maximum Gasteiger partial charge on any atom is 0.253 e. The molecular formula is C31H43N5O8. The quantitative estimate of drug-likeness (QED) is 0.0943. The zero-order valence-electron chi connectivity index (χ0n) is 25.1. The number of imide groups is 1. The topological polar surface area (TPSA) is 205 Å². The van der Waals surface area contributed by atoms with Crippen molar-refractivity contribution in [3.63, 3.8) is 0 Å². The minimum absolute atomic E-state index is 0.160. The van der Waals surface area contributed by atoms with E-state index in [0.717, 1.165) is 22.6 Å². The molecule has 1 aromatic carbocycles. The molecule has 44 heavy (non-hydrogen) atoms. The molecule has 0 spiro atoms. The van der Waals surface area contributed by atoms with Crippen molar-refractivity contribution in [2.24, 2.45) is 11.7 Å². The van der Waals surface area contributed by atoms with Gasteiger partial charge in [0.1, 0.15) is 6.04 Å². The molecule has 6 amide bonds. The summed E-state index contributed by atoms with van der Waals surface area (Å²) in [6, 6.07) is 6.85. The number of aliphatic hydroxyl groups is 1. The molecule has 6 N–H and O–H groups in total. The first kappa shape index (κ1) is 35.8. The van der Waals surface area contributed by atoms with E-state index in [1.165, 1.54) is 0 Å². The highest BCUT2D eigenvalue weighted by Gasteiger charge is 2.28. The van der Waals surface area contributed by atoms with Crippen molar-refractivity contribution >= 4 is 41.2 Å². The van der Waals surface area contributed by atoms with Crippen molar-refractivity contribution in [2.75, 3.05) is 19.7 Å². The lowest BCUT2D eigenvalue weighted by atomic mass is 9.98. The first-order chi connectivity index (χ1) is 21.0. The maximum absolute atomic E-state index is 13.2. The van der Waals surface area contributed by atoms with E-state index in [-0.39, 0.29) is 49.8 Å². The molecule has 3 unspecified atom stereocenters. The predicted octanol–water partition coefficient (Wildman–Crippen LogP) is 0.0435. The highest BCUT2D eigenvalue weighted by Crippen LogP contribution is 2.11. The van der Waals surface area contributed by atoms with E-state index in [0.29, 0.717) is 38.6 Å². The summed E-state index contributed by atoms with van der Waals surface area (Å²) >= 11 is 0. The lowest BCUT2D eigenvalue weighted by molar-refractivity contribution is -0.138. The van der Waals surface area contributed by atoms with Crippen LogP contribution in [0.1, 0.15) is 63.9 Å². The van der Waals surface area contributed by atoms with Crippen LogP contribution in [0.3, 0.4) is 0 Å². The van der Waals surface area contributed by atoms with Gasteiger partial charge in [0.2, 0.25) is 23.6 Å². The summed E-state index contributed by atoms with van der Waals surface area (Å²) in [6.45, 7) is 1.38. The third-order valence-corrected chi connectivity index (χ3v) is 7.32. The standard InChI is InChI=1S/C31H43N5O8/c1-2-22(30(32)43)12-13-26(39)33-17-8-4-7-11-25(38)23(19-21-9-5-3-6-10-21)35-31(44)24(20-37)34-27(40)16-18-36-28(41)14-15-29(36)42/h3,5-6,9-10,14-15,22-24,37H,2,4,7-8,11-13,16-20H2,1H3,(H2,32,43)(H,33,39)(H,34,40)(H,35,44). The second kappa shape index (κ2) is 19.0. The Hall–Kier alpha value is -4.39. The molecular weight excluding hydrogens is 570 g/mol. The summed E-state index contributed by atoms with van der Waals surface area (Å²) < 4.78 is 0. The van der Waals surface area contributed by atoms with Crippen molar-refractivity contribution in [1.29, 1.82) is 0 Å². The number of amides is 6. The Morgan fingerprint density at radius 1 is 0.864 bits per heavy atom. The van der Waals surface area contributed by atoms with Crippen LogP contribution in [0, 0.1) is 5.92 Å². The van der Waals surface area contributed by atoms with Gasteiger partial charge in [0.25, 0.3) is 11.8 Å². The van der Waals surface area contributed by atoms with Crippen molar-refractivity contribution < 1.29 is 38.7 Å². The largest absolute Gasteiger partial charge is 0.394 e. The summed E-state index contributed by atoms with van der Waals surface area (Å²) in [4.78, 5) is 86.1. The minimum atomic E-state index is -1.34. The Labute approximate surface area is 257 Å². The number of hydrogen-bond acceptors (Lipinski definition) is 8. The van der Waals surface area contributed by atoms with Gasteiger partial charge in [0.15, 0.2) is 5.78 Å². The van der Waals surface area contributed by atoms with Crippen LogP contribution in [0.15, 0.2) is 42.5 Å². The Morgan fingerprint density at radius 2 is 1.55 bits per heavy atom. The van der Waals surface area contributed by atoms with Gasteiger partial charge in [-0.3, -0.25) is 38.5 Å². The fourth-order valence-corrected chi connectivity index (χ4v) is 4.64. The molecule has 0 bridgehead atoms. The smallest absolute Gasteiger partial charge is 0.253 e. The molecule has 13 heteroatoms. The van der Waals surface area contributed by atoms with Crippen LogP contribution in [0.4, 0.5) is 0 Å². The lowest BCUT2D eigenvalue weighted by Crippen LogP contribution is -2.54. The fourth-order valence-electron chi connectivity index (χ4n) is 4.64. The van der Waals surface area contributed by atoms with Gasteiger partial charge in [0, 0.05) is 50.4 Å². The van der Waals surface area contributed by atoms with Crippen LogP contribution >= 0.6 is 0 Å². The molecule has 1 aliphatic heterocycles. The van der Waals surface area contributed by atoms with Crippen LogP contribution in [0.2, 0.25) is 0 Å². The summed E-state index contributed by atoms with van der Waals surface area (Å²) in [5.41, 5.74) is 6.13. The van der Waals surface area contributed by atoms with Crippen LogP contribution in [0.5, 0.6) is 0 Å². The number of carbonyl (C=O) groups is 7. The number of unbranched alkanes of at least 4 members (excludes halogenated alkanes) is 2. The Kier molecular flexibility index (Phi) is 15.5. The lowest BCUT2D eigenvalue weighted by Gasteiger charge is -2.22. The SMILES string of the molecule is CCC(CCC(=O)NCCCCCC(=O)C(Cc1ccccc1)NC(=O)C(CO)NC(=O)CCN1C(=O)C=CC1=O)C(N)=O. The molecule has 0 aromatic heterocycles. The molecule has 0 aliphatic carbocycles. The number of hydrogen-bond donors (Lipinski definition) is 5. The van der Waals surface area contributed by atoms with Crippen molar-refractivity contribution in [3.05, 3.63) is 48.0 Å². The molecule has 0 radical (unpaired) electrons. The Balaban J connectivity index is 1.83. The fraction of sp³-hybridized carbons (Fsp3) is 0.516. The number of nitrogens with zero attached hydrogens (tertiary/aromatic N) is 1. The van der Waals surface area contributed by atoms with Gasteiger partial charge in [-0.05, 0) is 37.7 Å². The Morgan fingerprint density at radius 3 is 2.16 bits per heavy atom. The average Bonchev–Trinajstić information content (AvgIpc) is 3.32. The van der Waals surface area contributed by atoms with E-state index in [9.17, 15) is 38.7 Å². The number of rotatable bonds is 21. The number of benzene rings is 1. The molecule has 1 aliphatic rings. The predicted molar refractivity (Wildman–Crippen MR) is 160 cm³/mol. The molecule has 13 nitrogen and oxygen atoms in total. The van der Waals surface area contributed by atoms with E-state index >= 15 is 0 Å². The zero-order chi connectivity index (χ0) is 32.5.